The molecular formula is C51H80N8O9. The van der Waals surface area contributed by atoms with Gasteiger partial charge >= 0.3 is 5.97 Å². The van der Waals surface area contributed by atoms with Gasteiger partial charge in [0.25, 0.3) is 5.91 Å². The second-order valence-corrected chi connectivity index (χ2v) is 20.2. The molecule has 17 heteroatoms. The van der Waals surface area contributed by atoms with Gasteiger partial charge in [-0.05, 0) is 60.5 Å². The molecule has 17 nitrogen and oxygen atoms in total. The maximum atomic E-state index is 15.0. The van der Waals surface area contributed by atoms with Crippen LogP contribution in [0.15, 0.2) is 30.5 Å². The van der Waals surface area contributed by atoms with Gasteiger partial charge in [0.15, 0.2) is 6.10 Å². The van der Waals surface area contributed by atoms with Crippen molar-refractivity contribution in [2.45, 2.75) is 169 Å². The van der Waals surface area contributed by atoms with Gasteiger partial charge in [0.1, 0.15) is 43.4 Å². The Morgan fingerprint density at radius 1 is 0.721 bits per heavy atom. The number of hydrogen-bond acceptors (Lipinski definition) is 10. The second kappa shape index (κ2) is 26.2. The fourth-order valence-electron chi connectivity index (χ4n) is 9.00. The van der Waals surface area contributed by atoms with Gasteiger partial charge in [-0.3, -0.25) is 28.8 Å². The van der Waals surface area contributed by atoms with Crippen LogP contribution in [0, 0.1) is 40.9 Å². The minimum atomic E-state index is -1.51. The largest absolute Gasteiger partial charge is 0.451 e. The Morgan fingerprint density at radius 2 is 1.29 bits per heavy atom. The summed E-state index contributed by atoms with van der Waals surface area (Å²) in [6.07, 6.45) is 3.04. The van der Waals surface area contributed by atoms with E-state index in [2.05, 4.69) is 22.9 Å². The summed E-state index contributed by atoms with van der Waals surface area (Å²) < 4.78 is 7.48. The fourth-order valence-corrected chi connectivity index (χ4v) is 9.00. The van der Waals surface area contributed by atoms with Gasteiger partial charge in [0, 0.05) is 52.0 Å². The van der Waals surface area contributed by atoms with Gasteiger partial charge in [0.05, 0.1) is 11.6 Å². The SMILES string of the molecule is CCCCC(C)CC1NC(=O)C(CCC#N)OC(=O)C(C(C)C)N(C)C(=O)C(C(C)C)NC(=O)C(Cc2cn(OC)c3ccccc23)N(C)C(=O)C(CC(C)C)NC(=O)C(CC(C)C)N(C)C1=O. The van der Waals surface area contributed by atoms with E-state index in [-0.39, 0.29) is 56.3 Å². The van der Waals surface area contributed by atoms with Crippen LogP contribution in [0.3, 0.4) is 0 Å². The Balaban J connectivity index is 2.34. The quantitative estimate of drug-likeness (QED) is 0.191. The first-order valence-corrected chi connectivity index (χ1v) is 24.4. The van der Waals surface area contributed by atoms with Gasteiger partial charge in [-0.15, -0.1) is 0 Å². The molecule has 3 N–H and O–H groups in total. The first-order valence-electron chi connectivity index (χ1n) is 24.4. The number of hydrogen-bond donors (Lipinski definition) is 3. The number of nitrogens with one attached hydrogen (secondary N) is 3. The van der Waals surface area contributed by atoms with Crippen molar-refractivity contribution >= 4 is 52.3 Å². The molecule has 1 fully saturated rings. The second-order valence-electron chi connectivity index (χ2n) is 20.2. The van der Waals surface area contributed by atoms with Crippen molar-refractivity contribution in [3.63, 3.8) is 0 Å². The number of rotatable bonds is 16. The van der Waals surface area contributed by atoms with E-state index in [0.29, 0.717) is 5.56 Å². The van der Waals surface area contributed by atoms with Crippen LogP contribution in [0.1, 0.15) is 126 Å². The normalized spacial score (nSPS) is 24.0. The first-order chi connectivity index (χ1) is 32.0. The smallest absolute Gasteiger partial charge is 0.329 e. The molecule has 378 valence electrons. The molecule has 1 aliphatic rings. The minimum Gasteiger partial charge on any atom is -0.451 e. The van der Waals surface area contributed by atoms with E-state index < -0.39 is 95.6 Å². The molecule has 2 aromatic rings. The number of esters is 1. The van der Waals surface area contributed by atoms with E-state index in [1.807, 2.05) is 65.0 Å². The number of unbranched alkanes of at least 4 members (excludes halogenated alkanes) is 1. The molecule has 1 saturated heterocycles. The summed E-state index contributed by atoms with van der Waals surface area (Å²) >= 11 is 0. The molecule has 6 amide bonds. The summed E-state index contributed by atoms with van der Waals surface area (Å²) in [6.45, 7) is 18.6. The lowest BCUT2D eigenvalue weighted by atomic mass is 9.94. The zero-order valence-corrected chi connectivity index (χ0v) is 43.1. The highest BCUT2D eigenvalue weighted by Gasteiger charge is 2.42. The van der Waals surface area contributed by atoms with Crippen molar-refractivity contribution in [2.75, 3.05) is 28.3 Å². The summed E-state index contributed by atoms with van der Waals surface area (Å²) in [4.78, 5) is 112. The topological polar surface area (TPSA) is 212 Å². The van der Waals surface area contributed by atoms with Crippen molar-refractivity contribution < 1.29 is 43.1 Å². The molecule has 0 saturated carbocycles. The highest BCUT2D eigenvalue weighted by Crippen LogP contribution is 2.26. The van der Waals surface area contributed by atoms with E-state index in [1.54, 1.807) is 38.6 Å². The lowest BCUT2D eigenvalue weighted by Gasteiger charge is -2.36. The molecule has 0 spiro atoms. The third kappa shape index (κ3) is 14.9. The van der Waals surface area contributed by atoms with Crippen LogP contribution in [0.25, 0.3) is 10.9 Å². The lowest BCUT2D eigenvalue weighted by Crippen LogP contribution is -2.61. The first kappa shape index (κ1) is 56.7. The maximum Gasteiger partial charge on any atom is 0.329 e. The van der Waals surface area contributed by atoms with Gasteiger partial charge in [-0.1, -0.05) is 107 Å². The summed E-state index contributed by atoms with van der Waals surface area (Å²) in [5.41, 5.74) is 1.41. The predicted octanol–water partition coefficient (Wildman–Crippen LogP) is 5.03. The maximum absolute atomic E-state index is 15.0. The summed E-state index contributed by atoms with van der Waals surface area (Å²) in [6, 6.07) is 2.43. The molecule has 8 atom stereocenters. The number of benzene rings is 1. The van der Waals surface area contributed by atoms with E-state index in [4.69, 9.17) is 9.57 Å². The highest BCUT2D eigenvalue weighted by molar-refractivity contribution is 5.98. The Labute approximate surface area is 404 Å². The Morgan fingerprint density at radius 3 is 1.85 bits per heavy atom. The van der Waals surface area contributed by atoms with E-state index in [9.17, 15) is 34.0 Å². The zero-order valence-electron chi connectivity index (χ0n) is 43.1. The molecule has 0 aliphatic carbocycles. The zero-order chi connectivity index (χ0) is 51.2. The summed E-state index contributed by atoms with van der Waals surface area (Å²) in [5.74, 6) is -5.97. The van der Waals surface area contributed by atoms with Crippen molar-refractivity contribution in [3.05, 3.63) is 36.0 Å². The van der Waals surface area contributed by atoms with Gasteiger partial charge in [-0.2, -0.15) is 9.99 Å². The van der Waals surface area contributed by atoms with Crippen molar-refractivity contribution in [1.82, 2.24) is 35.4 Å². The number of aromatic nitrogens is 1. The van der Waals surface area contributed by atoms with Crippen molar-refractivity contribution in [1.29, 1.82) is 5.26 Å². The number of nitriles is 1. The number of ether oxygens (including phenoxy) is 1. The predicted molar refractivity (Wildman–Crippen MR) is 260 cm³/mol. The van der Waals surface area contributed by atoms with Crippen LogP contribution in [-0.2, 0) is 44.7 Å². The minimum absolute atomic E-state index is 0.0144. The highest BCUT2D eigenvalue weighted by atomic mass is 16.6. The standard InChI is InChI=1S/C51H80N8O9/c1-15-16-20-34(10)27-38-49(64)56(11)40(26-31(4)5)45(60)53-37(25-30(2)3)48(63)57(12)41(28-35-29-59(67-14)39-22-18-17-21-36(35)39)46(61)55-43(32(6)7)50(65)58(13)44(33(8)9)51(66)68-42(23-19-24-52)47(62)54-38/h17-18,21-22,29-34,37-38,40-44H,15-16,19-20,23,25-28H2,1-14H3,(H,53,60)(H,54,62)(H,55,61). The lowest BCUT2D eigenvalue weighted by molar-refractivity contribution is -0.166. The average molecular weight is 949 g/mol. The van der Waals surface area contributed by atoms with E-state index in [1.165, 1.54) is 43.0 Å². The van der Waals surface area contributed by atoms with Crippen molar-refractivity contribution in [2.24, 2.45) is 29.6 Å². The number of likely N-dealkylation sites (N-methyl/N-ethyl adjacent to an activating group) is 3. The molecule has 0 radical (unpaired) electrons. The van der Waals surface area contributed by atoms with Crippen LogP contribution in [0.4, 0.5) is 0 Å². The molecule has 1 aromatic carbocycles. The number of amides is 6. The number of para-hydroxylation sites is 1. The van der Waals surface area contributed by atoms with E-state index in [0.717, 1.165) is 30.2 Å². The molecule has 0 bridgehead atoms. The number of carbonyl (C=O) groups excluding carboxylic acids is 7. The molecule has 2 heterocycles. The fraction of sp³-hybridized carbons (Fsp3) is 0.686. The van der Waals surface area contributed by atoms with Gasteiger partial charge < -0.3 is 40.2 Å². The van der Waals surface area contributed by atoms with Crippen molar-refractivity contribution in [3.8, 4) is 6.07 Å². The number of fused-ring (bicyclic) bond motifs is 1. The molecule has 8 unspecified atom stereocenters. The summed E-state index contributed by atoms with van der Waals surface area (Å²) in [7, 11) is 5.94. The number of carbonyl (C=O) groups is 7. The van der Waals surface area contributed by atoms with E-state index >= 15 is 4.79 Å². The van der Waals surface area contributed by atoms with Crippen LogP contribution >= 0.6 is 0 Å². The Hall–Kier alpha value is -5.66. The molecule has 68 heavy (non-hydrogen) atoms. The summed E-state index contributed by atoms with van der Waals surface area (Å²) in [5, 5.41) is 19.1. The molecule has 1 aliphatic heterocycles. The van der Waals surface area contributed by atoms with Crippen LogP contribution in [-0.4, -0.2) is 131 Å². The van der Waals surface area contributed by atoms with Gasteiger partial charge in [0.2, 0.25) is 29.5 Å². The van der Waals surface area contributed by atoms with Crippen LogP contribution in [0.5, 0.6) is 0 Å². The molecule has 1 aromatic heterocycles. The molecule has 3 rings (SSSR count). The number of cyclic esters (lactones) is 1. The third-order valence-electron chi connectivity index (χ3n) is 12.9. The monoisotopic (exact) mass is 949 g/mol. The molecular weight excluding hydrogens is 869 g/mol. The average Bonchev–Trinajstić information content (AvgIpc) is 3.64. The van der Waals surface area contributed by atoms with Crippen LogP contribution in [0.2, 0.25) is 0 Å². The third-order valence-corrected chi connectivity index (χ3v) is 12.9. The Bertz CT molecular complexity index is 2090. The van der Waals surface area contributed by atoms with Crippen LogP contribution < -0.4 is 20.8 Å². The number of nitrogens with zero attached hydrogens (tertiary/aromatic N) is 5. The van der Waals surface area contributed by atoms with Gasteiger partial charge in [-0.25, -0.2) is 4.79 Å². The Kier molecular flexibility index (Phi) is 21.8.